The molecule has 0 spiro atoms. The summed E-state index contributed by atoms with van der Waals surface area (Å²) >= 11 is 1.20. The maximum atomic E-state index is 12.1. The first-order valence-corrected chi connectivity index (χ1v) is 7.62. The van der Waals surface area contributed by atoms with Gasteiger partial charge in [0.2, 0.25) is 0 Å². The number of aromatic nitrogens is 1. The van der Waals surface area contributed by atoms with Crippen molar-refractivity contribution in [3.05, 3.63) is 34.8 Å². The lowest BCUT2D eigenvalue weighted by Gasteiger charge is -2.08. The number of ether oxygens (including phenoxy) is 1. The Hall–Kier alpha value is -2.09. The molecule has 2 rings (SSSR count). The number of halogens is 3. The minimum Gasteiger partial charge on any atom is -0.406 e. The lowest BCUT2D eigenvalue weighted by molar-refractivity contribution is -0.274. The second-order valence-corrected chi connectivity index (χ2v) is 6.13. The normalized spacial score (nSPS) is 11.6. The second kappa shape index (κ2) is 6.57. The molecule has 2 aromatic rings. The number of hydrogen-bond acceptors (Lipinski definition) is 4. The van der Waals surface area contributed by atoms with E-state index in [-0.39, 0.29) is 17.7 Å². The van der Waals surface area contributed by atoms with Crippen molar-refractivity contribution in [2.45, 2.75) is 33.2 Å². The molecule has 1 aromatic heterocycles. The Morgan fingerprint density at radius 2 is 1.87 bits per heavy atom. The molecule has 0 bridgehead atoms. The van der Waals surface area contributed by atoms with Gasteiger partial charge < -0.3 is 10.1 Å². The Morgan fingerprint density at radius 1 is 1.26 bits per heavy atom. The number of nitrogens with zero attached hydrogens (tertiary/aromatic N) is 1. The summed E-state index contributed by atoms with van der Waals surface area (Å²) in [5.74, 6) is -0.509. The summed E-state index contributed by atoms with van der Waals surface area (Å²) in [5.41, 5.74) is 1.20. The fourth-order valence-corrected chi connectivity index (χ4v) is 2.83. The van der Waals surface area contributed by atoms with Crippen LogP contribution in [-0.2, 0) is 0 Å². The van der Waals surface area contributed by atoms with Crippen LogP contribution in [0.25, 0.3) is 10.6 Å². The smallest absolute Gasteiger partial charge is 0.406 e. The third-order valence-electron chi connectivity index (χ3n) is 2.76. The van der Waals surface area contributed by atoms with Gasteiger partial charge in [0, 0.05) is 11.6 Å². The van der Waals surface area contributed by atoms with E-state index < -0.39 is 6.36 Å². The molecule has 0 saturated carbocycles. The maximum absolute atomic E-state index is 12.1. The van der Waals surface area contributed by atoms with E-state index in [1.54, 1.807) is 6.92 Å². The molecule has 0 fully saturated rings. The highest BCUT2D eigenvalue weighted by Crippen LogP contribution is 2.30. The number of amides is 1. The zero-order valence-electron chi connectivity index (χ0n) is 12.7. The molecule has 1 aromatic carbocycles. The molecule has 1 N–H and O–H groups in total. The summed E-state index contributed by atoms with van der Waals surface area (Å²) < 4.78 is 40.2. The first-order valence-electron chi connectivity index (χ1n) is 6.80. The van der Waals surface area contributed by atoms with Gasteiger partial charge in [-0.15, -0.1) is 24.5 Å². The summed E-state index contributed by atoms with van der Waals surface area (Å²) in [5, 5.41) is 3.35. The van der Waals surface area contributed by atoms with E-state index in [9.17, 15) is 18.0 Å². The van der Waals surface area contributed by atoms with E-state index in [4.69, 9.17) is 0 Å². The largest absolute Gasteiger partial charge is 0.573 e. The van der Waals surface area contributed by atoms with Crippen LogP contribution in [0.2, 0.25) is 0 Å². The quantitative estimate of drug-likeness (QED) is 0.906. The van der Waals surface area contributed by atoms with E-state index in [1.165, 1.54) is 35.6 Å². The van der Waals surface area contributed by atoms with E-state index in [1.807, 2.05) is 13.8 Å². The third kappa shape index (κ3) is 4.69. The first-order chi connectivity index (χ1) is 10.7. The lowest BCUT2D eigenvalue weighted by atomic mass is 10.2. The van der Waals surface area contributed by atoms with E-state index in [0.29, 0.717) is 21.1 Å². The van der Waals surface area contributed by atoms with Gasteiger partial charge in [0.25, 0.3) is 5.91 Å². The summed E-state index contributed by atoms with van der Waals surface area (Å²) in [7, 11) is 0. The van der Waals surface area contributed by atoms with Crippen LogP contribution < -0.4 is 10.1 Å². The molecular formula is C15H15F3N2O2S. The maximum Gasteiger partial charge on any atom is 0.573 e. The van der Waals surface area contributed by atoms with E-state index in [0.717, 1.165) is 0 Å². The fourth-order valence-electron chi connectivity index (χ4n) is 1.86. The molecule has 0 unspecified atom stereocenters. The Balaban J connectivity index is 2.21. The topological polar surface area (TPSA) is 51.2 Å². The number of nitrogens with one attached hydrogen (secondary N) is 1. The molecule has 0 aliphatic heterocycles. The number of carbonyl (C=O) groups excluding carboxylic acids is 1. The van der Waals surface area contributed by atoms with Gasteiger partial charge >= 0.3 is 6.36 Å². The molecule has 0 aliphatic rings. The van der Waals surface area contributed by atoms with Crippen LogP contribution in [0.5, 0.6) is 5.75 Å². The van der Waals surface area contributed by atoms with Crippen LogP contribution in [0.1, 0.15) is 29.2 Å². The van der Waals surface area contributed by atoms with Crippen molar-refractivity contribution < 1.29 is 22.7 Å². The Morgan fingerprint density at radius 3 is 2.39 bits per heavy atom. The molecule has 0 radical (unpaired) electrons. The summed E-state index contributed by atoms with van der Waals surface area (Å²) in [6, 6.07) is 5.39. The van der Waals surface area contributed by atoms with Crippen molar-refractivity contribution in [3.8, 4) is 16.3 Å². The van der Waals surface area contributed by atoms with Crippen LogP contribution in [0.3, 0.4) is 0 Å². The molecule has 0 aliphatic carbocycles. The average Bonchev–Trinajstić information content (AvgIpc) is 2.79. The first kappa shape index (κ1) is 17.3. The van der Waals surface area contributed by atoms with Gasteiger partial charge in [-0.3, -0.25) is 4.79 Å². The van der Waals surface area contributed by atoms with Crippen LogP contribution in [0, 0.1) is 6.92 Å². The van der Waals surface area contributed by atoms with E-state index in [2.05, 4.69) is 15.0 Å². The number of thiazole rings is 1. The monoisotopic (exact) mass is 344 g/mol. The van der Waals surface area contributed by atoms with Crippen LogP contribution in [0.4, 0.5) is 13.2 Å². The number of rotatable bonds is 4. The van der Waals surface area contributed by atoms with Gasteiger partial charge in [0.1, 0.15) is 15.6 Å². The number of carbonyl (C=O) groups is 1. The minimum atomic E-state index is -4.72. The molecule has 1 heterocycles. The minimum absolute atomic E-state index is 0.00579. The Labute approximate surface area is 135 Å². The predicted octanol–water partition coefficient (Wildman–Crippen LogP) is 4.16. The number of benzene rings is 1. The summed E-state index contributed by atoms with van der Waals surface area (Å²) in [6.07, 6.45) is -4.72. The van der Waals surface area contributed by atoms with E-state index >= 15 is 0 Å². The Bertz CT molecular complexity index is 694. The highest BCUT2D eigenvalue weighted by molar-refractivity contribution is 7.17. The van der Waals surface area contributed by atoms with Gasteiger partial charge in [-0.05, 0) is 45.0 Å². The molecule has 0 atom stereocenters. The van der Waals surface area contributed by atoms with Crippen LogP contribution in [0.15, 0.2) is 24.3 Å². The zero-order chi connectivity index (χ0) is 17.2. The SMILES string of the molecule is Cc1nc(-c2ccc(OC(F)(F)F)cc2)sc1C(=O)NC(C)C. The standard InChI is InChI=1S/C15H15F3N2O2S/c1-8(2)19-13(21)12-9(3)20-14(23-12)10-4-6-11(7-5-10)22-15(16,17)18/h4-8H,1-3H3,(H,19,21). The predicted molar refractivity (Wildman–Crippen MR) is 81.6 cm³/mol. The average molecular weight is 344 g/mol. The van der Waals surface area contributed by atoms with Crippen molar-refractivity contribution in [3.63, 3.8) is 0 Å². The van der Waals surface area contributed by atoms with Crippen molar-refractivity contribution in [2.75, 3.05) is 0 Å². The van der Waals surface area contributed by atoms with Gasteiger partial charge in [0.15, 0.2) is 0 Å². The molecular weight excluding hydrogens is 329 g/mol. The fraction of sp³-hybridized carbons (Fsp3) is 0.333. The molecule has 0 saturated heterocycles. The molecule has 8 heteroatoms. The molecule has 4 nitrogen and oxygen atoms in total. The number of aryl methyl sites for hydroxylation is 1. The van der Waals surface area contributed by atoms with Crippen molar-refractivity contribution in [1.82, 2.24) is 10.3 Å². The van der Waals surface area contributed by atoms with Crippen molar-refractivity contribution in [2.24, 2.45) is 0 Å². The molecule has 124 valence electrons. The summed E-state index contributed by atoms with van der Waals surface area (Å²) in [4.78, 5) is 16.8. The lowest BCUT2D eigenvalue weighted by Crippen LogP contribution is -2.29. The number of hydrogen-bond donors (Lipinski definition) is 1. The van der Waals surface area contributed by atoms with Gasteiger partial charge in [-0.1, -0.05) is 0 Å². The van der Waals surface area contributed by atoms with Crippen molar-refractivity contribution in [1.29, 1.82) is 0 Å². The van der Waals surface area contributed by atoms with Crippen molar-refractivity contribution >= 4 is 17.2 Å². The third-order valence-corrected chi connectivity index (χ3v) is 3.96. The summed E-state index contributed by atoms with van der Waals surface area (Å²) in [6.45, 7) is 5.43. The highest BCUT2D eigenvalue weighted by atomic mass is 32.1. The highest BCUT2D eigenvalue weighted by Gasteiger charge is 2.31. The van der Waals surface area contributed by atoms with Crippen LogP contribution in [-0.4, -0.2) is 23.3 Å². The molecule has 1 amide bonds. The van der Waals surface area contributed by atoms with Gasteiger partial charge in [0.05, 0.1) is 5.69 Å². The molecule has 23 heavy (non-hydrogen) atoms. The zero-order valence-corrected chi connectivity index (χ0v) is 13.5. The Kier molecular flexibility index (Phi) is 4.93. The van der Waals surface area contributed by atoms with Gasteiger partial charge in [-0.25, -0.2) is 4.98 Å². The van der Waals surface area contributed by atoms with Gasteiger partial charge in [-0.2, -0.15) is 0 Å². The second-order valence-electron chi connectivity index (χ2n) is 5.13. The number of alkyl halides is 3. The van der Waals surface area contributed by atoms with Crippen LogP contribution >= 0.6 is 11.3 Å².